The molecule has 4 heteroatoms. The van der Waals surface area contributed by atoms with Crippen molar-refractivity contribution < 1.29 is 10.8 Å². The molecule has 0 unspecified atom stereocenters. The predicted octanol–water partition coefficient (Wildman–Crippen LogP) is 0.725. The topological polar surface area (TPSA) is 69.9 Å². The van der Waals surface area contributed by atoms with Crippen molar-refractivity contribution >= 4 is 5.69 Å². The highest BCUT2D eigenvalue weighted by Gasteiger charge is 2.06. The van der Waals surface area contributed by atoms with E-state index in [1.54, 1.807) is 17.7 Å². The number of benzene rings is 1. The Morgan fingerprint density at radius 1 is 1.19 bits per heavy atom. The zero-order valence-electron chi connectivity index (χ0n) is 8.97. The summed E-state index contributed by atoms with van der Waals surface area (Å²) in [5.74, 6) is -0.207. The molecule has 16 heavy (non-hydrogen) atoms. The second kappa shape index (κ2) is 3.83. The van der Waals surface area contributed by atoms with Crippen molar-refractivity contribution in [1.82, 2.24) is 4.57 Å². The smallest absolute Gasteiger partial charge is 0.223 e. The third-order valence-corrected chi connectivity index (χ3v) is 2.53. The highest BCUT2D eigenvalue weighted by molar-refractivity contribution is 5.43. The lowest BCUT2D eigenvalue weighted by molar-refractivity contribution is -0.254. The van der Waals surface area contributed by atoms with E-state index in [1.165, 1.54) is 6.07 Å². The third-order valence-electron chi connectivity index (χ3n) is 2.53. The van der Waals surface area contributed by atoms with Crippen LogP contribution in [0.3, 0.4) is 0 Å². The Labute approximate surface area is 92.6 Å². The zero-order chi connectivity index (χ0) is 11.7. The van der Waals surface area contributed by atoms with Crippen LogP contribution in [-0.2, 0) is 0 Å². The minimum absolute atomic E-state index is 0.207. The largest absolute Gasteiger partial charge is 0.503 e. The fraction of sp³-hybridized carbons (Fsp3) is 0.0833. The monoisotopic (exact) mass is 217 g/mol. The Balaban J connectivity index is 2.61. The van der Waals surface area contributed by atoms with Gasteiger partial charge in [0.2, 0.25) is 5.43 Å². The number of quaternary nitrogens is 1. The number of aromatic hydroxyl groups is 1. The van der Waals surface area contributed by atoms with Gasteiger partial charge in [0, 0.05) is 30.1 Å². The van der Waals surface area contributed by atoms with Crippen LogP contribution in [0.5, 0.6) is 5.75 Å². The van der Waals surface area contributed by atoms with Crippen molar-refractivity contribution in [1.29, 1.82) is 0 Å². The molecule has 0 aliphatic heterocycles. The quantitative estimate of drug-likeness (QED) is 0.739. The van der Waals surface area contributed by atoms with Gasteiger partial charge in [-0.25, -0.2) is 0 Å². The Morgan fingerprint density at radius 3 is 2.44 bits per heavy atom. The lowest BCUT2D eigenvalue weighted by atomic mass is 10.2. The van der Waals surface area contributed by atoms with E-state index < -0.39 is 0 Å². The molecule has 0 bridgehead atoms. The van der Waals surface area contributed by atoms with Crippen LogP contribution in [0, 0.1) is 6.92 Å². The summed E-state index contributed by atoms with van der Waals surface area (Å²) in [5, 5.41) is 9.56. The number of rotatable bonds is 1. The van der Waals surface area contributed by atoms with Gasteiger partial charge in [0.15, 0.2) is 5.75 Å². The van der Waals surface area contributed by atoms with Crippen molar-refractivity contribution in [2.75, 3.05) is 0 Å². The summed E-state index contributed by atoms with van der Waals surface area (Å²) in [7, 11) is 0. The van der Waals surface area contributed by atoms with E-state index in [1.807, 2.05) is 24.3 Å². The molecule has 2 aromatic rings. The summed E-state index contributed by atoms with van der Waals surface area (Å²) in [6.45, 7) is 1.70. The van der Waals surface area contributed by atoms with E-state index in [9.17, 15) is 9.90 Å². The van der Waals surface area contributed by atoms with E-state index in [0.29, 0.717) is 5.69 Å². The van der Waals surface area contributed by atoms with Gasteiger partial charge < -0.3 is 15.4 Å². The molecule has 4 N–H and O–H groups in total. The molecule has 0 amide bonds. The van der Waals surface area contributed by atoms with Crippen molar-refractivity contribution in [2.24, 2.45) is 0 Å². The molecule has 1 aromatic carbocycles. The second-order valence-electron chi connectivity index (χ2n) is 3.65. The average molecular weight is 217 g/mol. The summed E-state index contributed by atoms with van der Waals surface area (Å²) in [6.07, 6.45) is 1.65. The fourth-order valence-electron chi connectivity index (χ4n) is 1.56. The van der Waals surface area contributed by atoms with Crippen molar-refractivity contribution in [3.05, 3.63) is 52.4 Å². The van der Waals surface area contributed by atoms with Crippen LogP contribution >= 0.6 is 0 Å². The summed E-state index contributed by atoms with van der Waals surface area (Å²) < 4.78 is 1.76. The lowest BCUT2D eigenvalue weighted by Crippen LogP contribution is -2.39. The van der Waals surface area contributed by atoms with Crippen molar-refractivity contribution in [3.63, 3.8) is 0 Å². The molecule has 0 aliphatic rings. The Bertz CT molecular complexity index is 571. The van der Waals surface area contributed by atoms with Gasteiger partial charge >= 0.3 is 0 Å². The standard InChI is InChI=1S/C12H12N2O2/c1-8-12(16)11(15)6-7-14(8)10-4-2-9(13)3-5-10/h2-7,16H,13H2,1H3/p+1. The number of nitrogens with zero attached hydrogens (tertiary/aromatic N) is 1. The summed E-state index contributed by atoms with van der Waals surface area (Å²) in [4.78, 5) is 11.2. The molecule has 0 fully saturated rings. The normalized spacial score (nSPS) is 10.4. The molecule has 0 saturated heterocycles. The first-order chi connectivity index (χ1) is 7.59. The van der Waals surface area contributed by atoms with Gasteiger partial charge in [-0.2, -0.15) is 0 Å². The molecule has 1 aromatic heterocycles. The Kier molecular flexibility index (Phi) is 2.50. The first-order valence-electron chi connectivity index (χ1n) is 4.93. The first-order valence-corrected chi connectivity index (χ1v) is 4.93. The van der Waals surface area contributed by atoms with E-state index in [4.69, 9.17) is 0 Å². The van der Waals surface area contributed by atoms with Crippen molar-refractivity contribution in [2.45, 2.75) is 6.92 Å². The van der Waals surface area contributed by atoms with Crippen LogP contribution in [-0.4, -0.2) is 9.67 Å². The third kappa shape index (κ3) is 1.70. The average Bonchev–Trinajstić information content (AvgIpc) is 2.28. The summed E-state index contributed by atoms with van der Waals surface area (Å²) in [5.41, 5.74) is 5.79. The minimum Gasteiger partial charge on any atom is -0.503 e. The Morgan fingerprint density at radius 2 is 1.81 bits per heavy atom. The molecule has 2 rings (SSSR count). The minimum atomic E-state index is -0.359. The van der Waals surface area contributed by atoms with E-state index >= 15 is 0 Å². The van der Waals surface area contributed by atoms with Gasteiger partial charge in [-0.3, -0.25) is 4.79 Å². The first kappa shape index (κ1) is 10.4. The molecule has 0 spiro atoms. The molecule has 0 atom stereocenters. The zero-order valence-corrected chi connectivity index (χ0v) is 8.97. The summed E-state index contributed by atoms with van der Waals surface area (Å²) in [6, 6.07) is 8.88. The van der Waals surface area contributed by atoms with Gasteiger partial charge in [0.1, 0.15) is 5.69 Å². The maximum atomic E-state index is 11.2. The highest BCUT2D eigenvalue weighted by Crippen LogP contribution is 2.16. The van der Waals surface area contributed by atoms with Crippen LogP contribution in [0.25, 0.3) is 5.69 Å². The maximum Gasteiger partial charge on any atom is 0.223 e. The molecule has 1 heterocycles. The SMILES string of the molecule is Cc1c(O)c(=O)ccn1-c1ccc([NH3+])cc1. The number of hydrogen-bond donors (Lipinski definition) is 2. The van der Waals surface area contributed by atoms with E-state index in [-0.39, 0.29) is 11.2 Å². The second-order valence-corrected chi connectivity index (χ2v) is 3.65. The van der Waals surface area contributed by atoms with Gasteiger partial charge in [-0.05, 0) is 19.1 Å². The van der Waals surface area contributed by atoms with Crippen LogP contribution in [0.15, 0.2) is 41.3 Å². The van der Waals surface area contributed by atoms with Gasteiger partial charge in [-0.1, -0.05) is 0 Å². The molecular formula is C12H13N2O2+. The van der Waals surface area contributed by atoms with Gasteiger partial charge in [-0.15, -0.1) is 0 Å². The number of aromatic nitrogens is 1. The van der Waals surface area contributed by atoms with Gasteiger partial charge in [0.25, 0.3) is 0 Å². The van der Waals surface area contributed by atoms with E-state index in [0.717, 1.165) is 11.4 Å². The lowest BCUT2D eigenvalue weighted by Gasteiger charge is -2.11. The molecule has 82 valence electrons. The molecule has 0 aliphatic carbocycles. The molecule has 0 saturated carbocycles. The van der Waals surface area contributed by atoms with Crippen LogP contribution in [0.4, 0.5) is 5.69 Å². The molecular weight excluding hydrogens is 204 g/mol. The number of hydrogen-bond acceptors (Lipinski definition) is 2. The molecule has 0 radical (unpaired) electrons. The number of pyridine rings is 1. The summed E-state index contributed by atoms with van der Waals surface area (Å²) >= 11 is 0. The van der Waals surface area contributed by atoms with Crippen LogP contribution < -0.4 is 11.2 Å². The Hall–Kier alpha value is -2.07. The van der Waals surface area contributed by atoms with Gasteiger partial charge in [0.05, 0.1) is 5.69 Å². The maximum absolute atomic E-state index is 11.2. The van der Waals surface area contributed by atoms with Crippen molar-refractivity contribution in [3.8, 4) is 11.4 Å². The van der Waals surface area contributed by atoms with Crippen LogP contribution in [0.1, 0.15) is 5.69 Å². The predicted molar refractivity (Wildman–Crippen MR) is 61.0 cm³/mol. The van der Waals surface area contributed by atoms with Crippen LogP contribution in [0.2, 0.25) is 0 Å². The fourth-order valence-corrected chi connectivity index (χ4v) is 1.56. The highest BCUT2D eigenvalue weighted by atomic mass is 16.3. The van der Waals surface area contributed by atoms with E-state index in [2.05, 4.69) is 5.73 Å². The molecule has 4 nitrogen and oxygen atoms in total.